The molecule has 1 unspecified atom stereocenters. The van der Waals surface area contributed by atoms with Crippen LogP contribution in [0.25, 0.3) is 15.6 Å². The van der Waals surface area contributed by atoms with Gasteiger partial charge in [-0.1, -0.05) is 31.4 Å². The van der Waals surface area contributed by atoms with Crippen LogP contribution in [-0.4, -0.2) is 109 Å². The van der Waals surface area contributed by atoms with E-state index in [0.29, 0.717) is 38.2 Å². The summed E-state index contributed by atoms with van der Waals surface area (Å²) in [7, 11) is -4.83. The number of ketones is 1. The molecular weight excluding hydrogens is 1180 g/mol. The SMILES string of the molecule is CCCCCC(C)OC(=O)COc1ccc(Cl)c2cccnc12.COC(=O)c1ccc(I)cc1S(=O)(=O)[N-]C(=O)Nc1nc(C)nc(OC)n1.Cc1nn(C)c(O)c1C(=O)c1ccc(C(F)(F)F)cc1S(C)(=O)=O.[Na+]. The van der Waals surface area contributed by atoms with Crippen molar-refractivity contribution < 1.29 is 103 Å². The Kier molecular flexibility index (Phi) is 23.6. The number of ether oxygens (including phenoxy) is 4. The monoisotopic (exact) mass is 1230 g/mol. The number of anilines is 1. The normalized spacial score (nSPS) is 11.6. The molecule has 0 aliphatic heterocycles. The number of pyridine rings is 1. The molecule has 0 bridgehead atoms. The molecule has 0 fully saturated rings. The summed E-state index contributed by atoms with van der Waals surface area (Å²) in [4.78, 5) is 62.8. The third kappa shape index (κ3) is 17.9. The van der Waals surface area contributed by atoms with Crippen molar-refractivity contribution >= 4 is 94.7 Å². The number of fused-ring (bicyclic) bond motifs is 1. The molecule has 0 saturated carbocycles. The number of aryl methyl sites for hydroxylation is 3. The molecule has 29 heteroatoms. The zero-order valence-corrected chi connectivity index (χ0v) is 48.2. The van der Waals surface area contributed by atoms with E-state index in [1.807, 2.05) is 41.6 Å². The van der Waals surface area contributed by atoms with E-state index >= 15 is 0 Å². The number of hydrogen-bond donors (Lipinski definition) is 2. The number of methoxy groups -OCH3 is 2. The summed E-state index contributed by atoms with van der Waals surface area (Å²) < 4.78 is 112. The maximum Gasteiger partial charge on any atom is 1.00 e. The van der Waals surface area contributed by atoms with Crippen molar-refractivity contribution in [2.75, 3.05) is 32.4 Å². The number of aromatic hydroxyl groups is 1. The van der Waals surface area contributed by atoms with Crippen LogP contribution in [0.4, 0.5) is 23.9 Å². The molecular formula is C46H48ClF3IN8NaO13S2. The van der Waals surface area contributed by atoms with Crippen LogP contribution in [0, 0.1) is 17.4 Å². The van der Waals surface area contributed by atoms with Gasteiger partial charge in [-0.3, -0.25) is 14.6 Å². The van der Waals surface area contributed by atoms with Crippen molar-refractivity contribution in [3.8, 4) is 17.6 Å². The van der Waals surface area contributed by atoms with Gasteiger partial charge in [-0.15, -0.1) is 0 Å². The zero-order chi connectivity index (χ0) is 55.3. The van der Waals surface area contributed by atoms with Gasteiger partial charge in [-0.2, -0.15) is 28.2 Å². The average molecular weight is 1230 g/mol. The number of urea groups is 1. The van der Waals surface area contributed by atoms with E-state index in [-0.39, 0.29) is 82.8 Å². The van der Waals surface area contributed by atoms with Gasteiger partial charge in [0.05, 0.1) is 52.0 Å². The average Bonchev–Trinajstić information content (AvgIpc) is 3.59. The zero-order valence-electron chi connectivity index (χ0n) is 41.6. The molecule has 0 aliphatic rings. The van der Waals surface area contributed by atoms with Gasteiger partial charge in [-0.05, 0) is 117 Å². The Balaban J connectivity index is 0.000000296. The minimum atomic E-state index is -4.76. The Morgan fingerprint density at radius 2 is 1.63 bits per heavy atom. The second-order valence-corrected chi connectivity index (χ2v) is 20.8. The summed E-state index contributed by atoms with van der Waals surface area (Å²) in [6, 6.07) is 11.6. The van der Waals surface area contributed by atoms with Gasteiger partial charge in [0.1, 0.15) is 22.7 Å². The van der Waals surface area contributed by atoms with E-state index in [1.165, 1.54) is 46.2 Å². The fourth-order valence-corrected chi connectivity index (χ4v) is 9.36. The fourth-order valence-electron chi connectivity index (χ4n) is 6.47. The number of sulfone groups is 1. The summed E-state index contributed by atoms with van der Waals surface area (Å²) in [5, 5.41) is 17.2. The first-order chi connectivity index (χ1) is 34.6. The number of aromatic nitrogens is 6. The van der Waals surface area contributed by atoms with Crippen LogP contribution in [0.1, 0.15) is 82.9 Å². The molecule has 6 rings (SSSR count). The number of alkyl halides is 3. The Morgan fingerprint density at radius 1 is 0.947 bits per heavy atom. The first kappa shape index (κ1) is 63.6. The smallest absolute Gasteiger partial charge is 0.493 e. The molecule has 0 saturated heterocycles. The Labute approximate surface area is 470 Å². The number of esters is 2. The number of hydrogen-bond acceptors (Lipinski definition) is 18. The molecule has 398 valence electrons. The molecule has 0 aliphatic carbocycles. The van der Waals surface area contributed by atoms with Crippen molar-refractivity contribution in [1.29, 1.82) is 0 Å². The molecule has 2 amide bonds. The minimum absolute atomic E-state index is 0. The van der Waals surface area contributed by atoms with Gasteiger partial charge < -0.3 is 34.1 Å². The quantitative estimate of drug-likeness (QED) is 0.0384. The summed E-state index contributed by atoms with van der Waals surface area (Å²) in [5.41, 5.74) is -1.39. The largest absolute Gasteiger partial charge is 1.00 e. The van der Waals surface area contributed by atoms with Gasteiger partial charge in [0, 0.05) is 34.0 Å². The van der Waals surface area contributed by atoms with Crippen LogP contribution in [0.5, 0.6) is 17.6 Å². The van der Waals surface area contributed by atoms with E-state index in [2.05, 4.69) is 46.7 Å². The first-order valence-electron chi connectivity index (χ1n) is 21.6. The minimum Gasteiger partial charge on any atom is -0.493 e. The van der Waals surface area contributed by atoms with Crippen molar-refractivity contribution in [1.82, 2.24) is 29.7 Å². The van der Waals surface area contributed by atoms with Crippen molar-refractivity contribution in [2.24, 2.45) is 7.05 Å². The molecule has 1 atom stereocenters. The molecule has 75 heavy (non-hydrogen) atoms. The van der Waals surface area contributed by atoms with Crippen molar-refractivity contribution in [3.05, 3.63) is 114 Å². The number of rotatable bonds is 16. The predicted octanol–water partition coefficient (Wildman–Crippen LogP) is 5.74. The Bertz CT molecular complexity index is 3280. The Hall–Kier alpha value is -5.72. The number of carbonyl (C=O) groups is 4. The van der Waals surface area contributed by atoms with E-state index in [1.54, 1.807) is 18.3 Å². The summed E-state index contributed by atoms with van der Waals surface area (Å²) in [5.74, 6) is -2.14. The second kappa shape index (κ2) is 27.9. The molecule has 3 aromatic heterocycles. The number of sulfonamides is 1. The number of nitrogens with one attached hydrogen (secondary N) is 1. The summed E-state index contributed by atoms with van der Waals surface area (Å²) >= 11 is 8.00. The number of benzene rings is 3. The van der Waals surface area contributed by atoms with E-state index < -0.39 is 70.6 Å². The summed E-state index contributed by atoms with van der Waals surface area (Å²) in [6.07, 6.45) is 1.78. The van der Waals surface area contributed by atoms with Crippen LogP contribution in [0.2, 0.25) is 5.02 Å². The van der Waals surface area contributed by atoms with Gasteiger partial charge in [0.2, 0.25) is 21.7 Å². The molecule has 2 N–H and O–H groups in total. The number of amides is 2. The van der Waals surface area contributed by atoms with Gasteiger partial charge in [0.25, 0.3) is 0 Å². The molecule has 21 nitrogen and oxygen atoms in total. The van der Waals surface area contributed by atoms with Gasteiger partial charge in [-0.25, -0.2) is 36.1 Å². The third-order valence-electron chi connectivity index (χ3n) is 9.90. The molecule has 0 radical (unpaired) electrons. The standard InChI is InChI=1S/C18H22ClNO3.C14H13F3N2O4S.C14H14IN5O6S.Na/c1-3-4-5-7-13(2)23-17(21)12-22-16-10-9-15(19)14-8-6-11-20-18(14)16;1-7-11(13(21)19(2)18-7)12(20)9-5-4-8(14(15,16)17)6-10(9)24(3,22)23;1-7-16-12(19-14(17-7)26-3)18-13(22)20-27(23,24)10-6-8(15)4-5-9(10)11(21)25-2;/h6,8-11,13H,3-5,7,12H2,1-2H3;4-6,21H,1-3H3;4-6H,1-3H3,(H2,16,17,18,19,20,22);/q;;;+1/p-1. The molecule has 3 heterocycles. The predicted molar refractivity (Wildman–Crippen MR) is 271 cm³/mol. The van der Waals surface area contributed by atoms with Gasteiger partial charge in [0.15, 0.2) is 28.4 Å². The first-order valence-corrected chi connectivity index (χ1v) is 26.4. The van der Waals surface area contributed by atoms with E-state index in [4.69, 9.17) is 25.8 Å². The second-order valence-electron chi connectivity index (χ2n) is 15.6. The molecule has 0 spiro atoms. The van der Waals surface area contributed by atoms with Crippen molar-refractivity contribution in [3.63, 3.8) is 0 Å². The number of unbranched alkanes of at least 4 members (excludes halogenated alkanes) is 2. The molecule has 6 aromatic rings. The van der Waals surface area contributed by atoms with E-state index in [9.17, 15) is 54.3 Å². The van der Waals surface area contributed by atoms with Crippen LogP contribution in [-0.2, 0) is 47.4 Å². The third-order valence-corrected chi connectivity index (χ3v) is 13.3. The van der Waals surface area contributed by atoms with Crippen LogP contribution in [0.3, 0.4) is 0 Å². The van der Waals surface area contributed by atoms with Crippen LogP contribution >= 0.6 is 34.2 Å². The van der Waals surface area contributed by atoms with E-state index in [0.717, 1.165) is 48.9 Å². The maximum atomic E-state index is 12.8. The van der Waals surface area contributed by atoms with Gasteiger partial charge >= 0.3 is 53.7 Å². The van der Waals surface area contributed by atoms with Crippen LogP contribution < -0.4 is 44.3 Å². The molecule has 3 aromatic carbocycles. The Morgan fingerprint density at radius 3 is 2.23 bits per heavy atom. The number of halogens is 5. The fraction of sp³-hybridized carbons (Fsp3) is 0.326. The number of nitrogens with zero attached hydrogens (tertiary/aromatic N) is 7. The maximum absolute atomic E-state index is 12.8. The van der Waals surface area contributed by atoms with Crippen LogP contribution in [0.15, 0.2) is 76.7 Å². The van der Waals surface area contributed by atoms with Crippen molar-refractivity contribution in [2.45, 2.75) is 75.4 Å². The summed E-state index contributed by atoms with van der Waals surface area (Å²) in [6.45, 7) is 6.87. The topological polar surface area (TPSA) is 289 Å². The number of carbonyl (C=O) groups excluding carboxylic acids is 4.